The highest BCUT2D eigenvalue weighted by atomic mass is 35.5. The molecule has 0 radical (unpaired) electrons. The highest BCUT2D eigenvalue weighted by Gasteiger charge is 2.35. The molecule has 0 unspecified atom stereocenters. The molecule has 7 nitrogen and oxygen atoms in total. The summed E-state index contributed by atoms with van der Waals surface area (Å²) < 4.78 is 18.8. The standard InChI is InChI=1S/C32H28Cl2N2O5S/c1-5-40-31(38)26-27(20-9-7-6-8-10-20)35-32-36(28(26)21-11-13-22(33)14-12-21)30(37)25(42-32)17-19-15-23(34)29(41-18(2)3)24(16-19)39-4/h6-18,28H,5H2,1-4H3/b25-17-/t28-/m1/s1. The van der Waals surface area contributed by atoms with Crippen LogP contribution in [-0.2, 0) is 9.53 Å². The lowest BCUT2D eigenvalue weighted by Gasteiger charge is -2.25. The second-order valence-electron chi connectivity index (χ2n) is 9.68. The first-order valence-electron chi connectivity index (χ1n) is 13.3. The summed E-state index contributed by atoms with van der Waals surface area (Å²) in [5.74, 6) is 0.332. The summed E-state index contributed by atoms with van der Waals surface area (Å²) in [6, 6.07) is 19.1. The second kappa shape index (κ2) is 12.6. The monoisotopic (exact) mass is 622 g/mol. The van der Waals surface area contributed by atoms with Crippen molar-refractivity contribution in [1.29, 1.82) is 0 Å². The number of hydrogen-bond acceptors (Lipinski definition) is 7. The molecule has 0 saturated carbocycles. The number of thiazole rings is 1. The lowest BCUT2D eigenvalue weighted by atomic mass is 9.93. The molecule has 216 valence electrons. The van der Waals surface area contributed by atoms with Gasteiger partial charge in [0.25, 0.3) is 5.56 Å². The molecule has 0 fully saturated rings. The van der Waals surface area contributed by atoms with Gasteiger partial charge in [0.2, 0.25) is 0 Å². The molecule has 0 amide bonds. The quantitative estimate of drug-likeness (QED) is 0.224. The average molecular weight is 624 g/mol. The molecule has 2 heterocycles. The molecule has 1 aliphatic rings. The largest absolute Gasteiger partial charge is 0.493 e. The first-order valence-corrected chi connectivity index (χ1v) is 14.9. The van der Waals surface area contributed by atoms with Crippen molar-refractivity contribution < 1.29 is 19.0 Å². The number of fused-ring (bicyclic) bond motifs is 1. The number of halogens is 2. The van der Waals surface area contributed by atoms with E-state index in [1.165, 1.54) is 23.0 Å². The number of aromatic nitrogens is 1. The SMILES string of the molecule is CCOC(=O)C1=C(c2ccccc2)N=c2s/c(=C\c3cc(Cl)c(OC(C)C)c(OC)c3)c(=O)n2[C@@H]1c1ccc(Cl)cc1. The van der Waals surface area contributed by atoms with Crippen LogP contribution in [-0.4, -0.2) is 30.4 Å². The number of hydrogen-bond donors (Lipinski definition) is 0. The molecule has 1 aromatic heterocycles. The van der Waals surface area contributed by atoms with Crippen LogP contribution in [0.25, 0.3) is 11.8 Å². The highest BCUT2D eigenvalue weighted by molar-refractivity contribution is 7.07. The number of carbonyl (C=O) groups excluding carboxylic acids is 1. The van der Waals surface area contributed by atoms with E-state index < -0.39 is 12.0 Å². The van der Waals surface area contributed by atoms with Crippen LogP contribution in [0.15, 0.2) is 82.1 Å². The normalized spacial score (nSPS) is 14.9. The fourth-order valence-corrected chi connectivity index (χ4v) is 6.12. The predicted octanol–water partition coefficient (Wildman–Crippen LogP) is 6.04. The maximum Gasteiger partial charge on any atom is 0.338 e. The summed E-state index contributed by atoms with van der Waals surface area (Å²) >= 11 is 14.0. The van der Waals surface area contributed by atoms with Crippen molar-refractivity contribution in [3.63, 3.8) is 0 Å². The minimum absolute atomic E-state index is 0.105. The van der Waals surface area contributed by atoms with Crippen molar-refractivity contribution >= 4 is 52.3 Å². The Labute approximate surface area is 256 Å². The van der Waals surface area contributed by atoms with Gasteiger partial charge < -0.3 is 14.2 Å². The molecular formula is C32H28Cl2N2O5S. The third-order valence-corrected chi connectivity index (χ3v) is 7.98. The van der Waals surface area contributed by atoms with Crippen LogP contribution < -0.4 is 24.4 Å². The minimum atomic E-state index is -0.796. The Morgan fingerprint density at radius 3 is 2.45 bits per heavy atom. The van der Waals surface area contributed by atoms with Crippen molar-refractivity contribution in [2.45, 2.75) is 32.9 Å². The number of ether oxygens (including phenoxy) is 3. The van der Waals surface area contributed by atoms with Crippen LogP contribution in [0, 0.1) is 0 Å². The zero-order valence-corrected chi connectivity index (χ0v) is 25.7. The van der Waals surface area contributed by atoms with Gasteiger partial charge in [0, 0.05) is 10.6 Å². The van der Waals surface area contributed by atoms with E-state index in [0.29, 0.717) is 47.7 Å². The fraction of sp³-hybridized carbons (Fsp3) is 0.219. The van der Waals surface area contributed by atoms with Gasteiger partial charge in [-0.2, -0.15) is 0 Å². The highest BCUT2D eigenvalue weighted by Crippen LogP contribution is 2.38. The second-order valence-corrected chi connectivity index (χ2v) is 11.5. The molecule has 0 aliphatic carbocycles. The molecule has 1 atom stereocenters. The Kier molecular flexibility index (Phi) is 8.87. The van der Waals surface area contributed by atoms with E-state index in [1.807, 2.05) is 44.2 Å². The summed E-state index contributed by atoms with van der Waals surface area (Å²) in [5.41, 5.74) is 2.47. The van der Waals surface area contributed by atoms with E-state index in [0.717, 1.165) is 5.56 Å². The molecule has 1 aliphatic heterocycles. The number of benzene rings is 3. The Morgan fingerprint density at radius 1 is 1.10 bits per heavy atom. The smallest absolute Gasteiger partial charge is 0.338 e. The minimum Gasteiger partial charge on any atom is -0.493 e. The lowest BCUT2D eigenvalue weighted by molar-refractivity contribution is -0.138. The van der Waals surface area contributed by atoms with Crippen molar-refractivity contribution in [2.75, 3.05) is 13.7 Å². The fourth-order valence-electron chi connectivity index (χ4n) is 4.73. The van der Waals surface area contributed by atoms with Gasteiger partial charge >= 0.3 is 5.97 Å². The molecule has 10 heteroatoms. The topological polar surface area (TPSA) is 79.1 Å². The van der Waals surface area contributed by atoms with E-state index in [1.54, 1.807) is 49.4 Å². The van der Waals surface area contributed by atoms with Gasteiger partial charge in [0.1, 0.15) is 0 Å². The third kappa shape index (κ3) is 5.88. The molecule has 42 heavy (non-hydrogen) atoms. The number of esters is 1. The van der Waals surface area contributed by atoms with E-state index in [-0.39, 0.29) is 23.8 Å². The van der Waals surface area contributed by atoms with Crippen molar-refractivity contribution in [2.24, 2.45) is 4.99 Å². The van der Waals surface area contributed by atoms with Crippen molar-refractivity contribution in [3.05, 3.63) is 119 Å². The Bertz CT molecular complexity index is 1840. The molecule has 5 rings (SSSR count). The van der Waals surface area contributed by atoms with E-state index in [4.69, 9.17) is 42.4 Å². The average Bonchev–Trinajstić information content (AvgIpc) is 3.28. The van der Waals surface area contributed by atoms with Crippen molar-refractivity contribution in [3.8, 4) is 11.5 Å². The van der Waals surface area contributed by atoms with Crippen LogP contribution in [0.5, 0.6) is 11.5 Å². The summed E-state index contributed by atoms with van der Waals surface area (Å²) in [6.07, 6.45) is 1.62. The molecule has 3 aromatic carbocycles. The van der Waals surface area contributed by atoms with Crippen molar-refractivity contribution in [1.82, 2.24) is 4.57 Å². The Hall–Kier alpha value is -3.85. The first kappa shape index (κ1) is 29.6. The molecule has 0 bridgehead atoms. The third-order valence-electron chi connectivity index (χ3n) is 6.46. The van der Waals surface area contributed by atoms with Gasteiger partial charge in [0.15, 0.2) is 16.3 Å². The summed E-state index contributed by atoms with van der Waals surface area (Å²) in [4.78, 5) is 32.9. The zero-order valence-electron chi connectivity index (χ0n) is 23.4. The van der Waals surface area contributed by atoms with E-state index >= 15 is 0 Å². The summed E-state index contributed by atoms with van der Waals surface area (Å²) in [7, 11) is 1.53. The van der Waals surface area contributed by atoms with Gasteiger partial charge in [-0.1, -0.05) is 77.0 Å². The summed E-state index contributed by atoms with van der Waals surface area (Å²) in [6.45, 7) is 5.71. The van der Waals surface area contributed by atoms with Crippen LogP contribution >= 0.6 is 34.5 Å². The van der Waals surface area contributed by atoms with Crippen LogP contribution in [0.1, 0.15) is 43.5 Å². The van der Waals surface area contributed by atoms with Crippen LogP contribution in [0.4, 0.5) is 0 Å². The van der Waals surface area contributed by atoms with Crippen LogP contribution in [0.3, 0.4) is 0 Å². The molecule has 0 saturated heterocycles. The number of carbonyl (C=O) groups is 1. The van der Waals surface area contributed by atoms with E-state index in [2.05, 4.69) is 0 Å². The molecule has 0 spiro atoms. The number of methoxy groups -OCH3 is 1. The number of nitrogens with zero attached hydrogens (tertiary/aromatic N) is 2. The maximum atomic E-state index is 14.1. The molecule has 0 N–H and O–H groups in total. The lowest BCUT2D eigenvalue weighted by Crippen LogP contribution is -2.40. The Balaban J connectivity index is 1.77. The zero-order chi connectivity index (χ0) is 30.0. The van der Waals surface area contributed by atoms with Gasteiger partial charge in [-0.05, 0) is 62.2 Å². The maximum absolute atomic E-state index is 14.1. The van der Waals surface area contributed by atoms with Gasteiger partial charge in [0.05, 0.1) is 46.7 Å². The summed E-state index contributed by atoms with van der Waals surface area (Å²) in [5, 5.41) is 0.893. The van der Waals surface area contributed by atoms with Gasteiger partial charge in [-0.25, -0.2) is 9.79 Å². The Morgan fingerprint density at radius 2 is 1.81 bits per heavy atom. The van der Waals surface area contributed by atoms with Gasteiger partial charge in [-0.15, -0.1) is 0 Å². The molecule has 4 aromatic rings. The molecular weight excluding hydrogens is 595 g/mol. The van der Waals surface area contributed by atoms with Crippen LogP contribution in [0.2, 0.25) is 10.0 Å². The first-order chi connectivity index (χ1) is 20.2. The predicted molar refractivity (Wildman–Crippen MR) is 166 cm³/mol. The van der Waals surface area contributed by atoms with E-state index in [9.17, 15) is 9.59 Å². The van der Waals surface area contributed by atoms with Gasteiger partial charge in [-0.3, -0.25) is 9.36 Å². The number of rotatable bonds is 8.